The van der Waals surface area contributed by atoms with Crippen LogP contribution in [-0.4, -0.2) is 18.9 Å². The Balaban J connectivity index is 2.13. The minimum absolute atomic E-state index is 0.0603. The normalized spacial score (nSPS) is 18.9. The fourth-order valence-electron chi connectivity index (χ4n) is 2.33. The molecule has 1 aromatic carbocycles. The molecule has 0 aromatic heterocycles. The number of carbonyl (C=O) groups excluding carboxylic acids is 2. The number of hydrogen-bond donors (Lipinski definition) is 0. The molecule has 0 saturated carbocycles. The van der Waals surface area contributed by atoms with Crippen molar-refractivity contribution in [3.8, 4) is 0 Å². The molecule has 1 atom stereocenters. The van der Waals surface area contributed by atoms with Gasteiger partial charge in [0.25, 0.3) is 0 Å². The topological polar surface area (TPSA) is 43.4 Å². The lowest BCUT2D eigenvalue weighted by atomic mass is 9.82. The smallest absolute Gasteiger partial charge is 0.309 e. The number of rotatable bonds is 3. The van der Waals surface area contributed by atoms with Gasteiger partial charge in [-0.3, -0.25) is 9.59 Å². The van der Waals surface area contributed by atoms with Crippen molar-refractivity contribution in [2.45, 2.75) is 25.2 Å². The van der Waals surface area contributed by atoms with Gasteiger partial charge in [-0.05, 0) is 36.1 Å². The molecule has 0 N–H and O–H groups in total. The molecule has 0 aliphatic heterocycles. The average molecular weight is 279 g/mol. The van der Waals surface area contributed by atoms with Gasteiger partial charge in [0.1, 0.15) is 0 Å². The summed E-state index contributed by atoms with van der Waals surface area (Å²) in [7, 11) is 1.35. The van der Waals surface area contributed by atoms with E-state index in [-0.39, 0.29) is 24.1 Å². The van der Waals surface area contributed by atoms with E-state index in [0.29, 0.717) is 17.9 Å². The van der Waals surface area contributed by atoms with Crippen molar-refractivity contribution in [2.75, 3.05) is 7.11 Å². The van der Waals surface area contributed by atoms with E-state index in [4.69, 9.17) is 11.6 Å². The second kappa shape index (κ2) is 6.02. The quantitative estimate of drug-likeness (QED) is 0.797. The van der Waals surface area contributed by atoms with Gasteiger partial charge < -0.3 is 4.74 Å². The molecule has 1 aliphatic carbocycles. The van der Waals surface area contributed by atoms with Crippen LogP contribution in [0.25, 0.3) is 0 Å². The lowest BCUT2D eigenvalue weighted by Gasteiger charge is -2.22. The van der Waals surface area contributed by atoms with Crippen LogP contribution in [-0.2, 0) is 14.3 Å². The molecule has 0 bridgehead atoms. The summed E-state index contributed by atoms with van der Waals surface area (Å²) in [6.07, 6.45) is 2.95. The highest BCUT2D eigenvalue weighted by Crippen LogP contribution is 2.33. The largest absolute Gasteiger partial charge is 0.469 e. The molecule has 4 heteroatoms. The number of ether oxygens (including phenoxy) is 1. The first kappa shape index (κ1) is 13.8. The number of hydrogen-bond acceptors (Lipinski definition) is 3. The van der Waals surface area contributed by atoms with Crippen LogP contribution < -0.4 is 0 Å². The van der Waals surface area contributed by atoms with Crippen molar-refractivity contribution < 1.29 is 14.3 Å². The third-order valence-corrected chi connectivity index (χ3v) is 3.51. The van der Waals surface area contributed by atoms with Gasteiger partial charge >= 0.3 is 5.97 Å². The van der Waals surface area contributed by atoms with Crippen LogP contribution in [0.15, 0.2) is 35.9 Å². The summed E-state index contributed by atoms with van der Waals surface area (Å²) >= 11 is 5.86. The lowest BCUT2D eigenvalue weighted by molar-refractivity contribution is -0.139. The minimum atomic E-state index is -0.309. The van der Waals surface area contributed by atoms with Crippen molar-refractivity contribution >= 4 is 23.4 Å². The molecular weight excluding hydrogens is 264 g/mol. The summed E-state index contributed by atoms with van der Waals surface area (Å²) in [5.41, 5.74) is 1.91. The van der Waals surface area contributed by atoms with Gasteiger partial charge in [-0.15, -0.1) is 0 Å². The highest BCUT2D eigenvalue weighted by atomic mass is 35.5. The molecule has 3 nitrogen and oxygen atoms in total. The van der Waals surface area contributed by atoms with E-state index in [1.165, 1.54) is 7.11 Å². The molecule has 0 amide bonds. The van der Waals surface area contributed by atoms with Crippen LogP contribution in [0.1, 0.15) is 30.7 Å². The molecule has 1 aromatic rings. The maximum absolute atomic E-state index is 11.7. The Morgan fingerprint density at radius 3 is 2.63 bits per heavy atom. The predicted molar refractivity (Wildman–Crippen MR) is 73.2 cm³/mol. The first-order chi connectivity index (χ1) is 9.08. The Morgan fingerprint density at radius 2 is 2.00 bits per heavy atom. The number of methoxy groups -OCH3 is 1. The number of carbonyl (C=O) groups is 2. The van der Waals surface area contributed by atoms with E-state index in [0.717, 1.165) is 11.1 Å². The van der Waals surface area contributed by atoms with Crippen molar-refractivity contribution in [1.82, 2.24) is 0 Å². The standard InChI is InChI=1S/C15H15ClO3/c1-19-15(18)8-10-6-12(9-14(17)7-10)11-2-4-13(16)5-3-11/h2-5,7,12H,6,8-9H2,1H3. The zero-order valence-corrected chi connectivity index (χ0v) is 11.4. The third kappa shape index (κ3) is 3.67. The zero-order chi connectivity index (χ0) is 13.8. The van der Waals surface area contributed by atoms with E-state index in [1.807, 2.05) is 24.3 Å². The van der Waals surface area contributed by atoms with Crippen LogP contribution in [0, 0.1) is 0 Å². The Labute approximate surface area is 117 Å². The SMILES string of the molecule is COC(=O)CC1=CC(=O)CC(c2ccc(Cl)cc2)C1. The number of ketones is 1. The Bertz CT molecular complexity index is 517. The maximum atomic E-state index is 11.7. The number of esters is 1. The first-order valence-electron chi connectivity index (χ1n) is 6.13. The molecule has 2 rings (SSSR count). The van der Waals surface area contributed by atoms with Gasteiger partial charge in [0, 0.05) is 11.4 Å². The molecular formula is C15H15ClO3. The van der Waals surface area contributed by atoms with E-state index in [9.17, 15) is 9.59 Å². The summed E-state index contributed by atoms with van der Waals surface area (Å²) in [6, 6.07) is 7.50. The summed E-state index contributed by atoms with van der Waals surface area (Å²) in [4.78, 5) is 23.0. The van der Waals surface area contributed by atoms with E-state index in [1.54, 1.807) is 6.08 Å². The third-order valence-electron chi connectivity index (χ3n) is 3.26. The fourth-order valence-corrected chi connectivity index (χ4v) is 2.45. The summed E-state index contributed by atoms with van der Waals surface area (Å²) in [5, 5.41) is 0.677. The van der Waals surface area contributed by atoms with Gasteiger partial charge in [-0.1, -0.05) is 29.3 Å². The molecule has 19 heavy (non-hydrogen) atoms. The monoisotopic (exact) mass is 278 g/mol. The highest BCUT2D eigenvalue weighted by Gasteiger charge is 2.23. The average Bonchev–Trinajstić information content (AvgIpc) is 2.38. The molecule has 0 radical (unpaired) electrons. The molecule has 0 fully saturated rings. The van der Waals surface area contributed by atoms with E-state index < -0.39 is 0 Å². The van der Waals surface area contributed by atoms with Crippen molar-refractivity contribution in [1.29, 1.82) is 0 Å². The molecule has 100 valence electrons. The van der Waals surface area contributed by atoms with Crippen LogP contribution in [0.3, 0.4) is 0 Å². The number of allylic oxidation sites excluding steroid dienone is 1. The summed E-state index contributed by atoms with van der Waals surface area (Å²) in [6.45, 7) is 0. The lowest BCUT2D eigenvalue weighted by Crippen LogP contribution is -2.15. The van der Waals surface area contributed by atoms with Gasteiger partial charge in [0.15, 0.2) is 5.78 Å². The fraction of sp³-hybridized carbons (Fsp3) is 0.333. The van der Waals surface area contributed by atoms with Crippen molar-refractivity contribution in [3.05, 3.63) is 46.5 Å². The summed E-state index contributed by atoms with van der Waals surface area (Å²) < 4.78 is 4.64. The van der Waals surface area contributed by atoms with Crippen LogP contribution >= 0.6 is 11.6 Å². The van der Waals surface area contributed by atoms with Crippen molar-refractivity contribution in [2.24, 2.45) is 0 Å². The number of halogens is 1. The first-order valence-corrected chi connectivity index (χ1v) is 6.51. The molecule has 0 spiro atoms. The molecule has 0 saturated heterocycles. The predicted octanol–water partition coefficient (Wildman–Crippen LogP) is 3.28. The second-order valence-electron chi connectivity index (χ2n) is 4.68. The Hall–Kier alpha value is -1.61. The van der Waals surface area contributed by atoms with E-state index >= 15 is 0 Å². The molecule has 1 unspecified atom stereocenters. The van der Waals surface area contributed by atoms with E-state index in [2.05, 4.69) is 4.74 Å². The number of benzene rings is 1. The second-order valence-corrected chi connectivity index (χ2v) is 5.11. The summed E-state index contributed by atoms with van der Waals surface area (Å²) in [5.74, 6) is -0.129. The van der Waals surface area contributed by atoms with Crippen LogP contribution in [0.5, 0.6) is 0 Å². The van der Waals surface area contributed by atoms with Crippen molar-refractivity contribution in [3.63, 3.8) is 0 Å². The minimum Gasteiger partial charge on any atom is -0.469 e. The van der Waals surface area contributed by atoms with Gasteiger partial charge in [0.05, 0.1) is 13.5 Å². The van der Waals surface area contributed by atoms with Gasteiger partial charge in [0.2, 0.25) is 0 Å². The highest BCUT2D eigenvalue weighted by molar-refractivity contribution is 6.30. The Kier molecular flexibility index (Phi) is 4.38. The molecule has 1 aliphatic rings. The Morgan fingerprint density at radius 1 is 1.32 bits per heavy atom. The zero-order valence-electron chi connectivity index (χ0n) is 10.7. The maximum Gasteiger partial charge on any atom is 0.309 e. The van der Waals surface area contributed by atoms with Gasteiger partial charge in [-0.25, -0.2) is 0 Å². The van der Waals surface area contributed by atoms with Crippen LogP contribution in [0.2, 0.25) is 5.02 Å². The molecule has 0 heterocycles. The van der Waals surface area contributed by atoms with Gasteiger partial charge in [-0.2, -0.15) is 0 Å². The van der Waals surface area contributed by atoms with Crippen LogP contribution in [0.4, 0.5) is 0 Å².